The van der Waals surface area contributed by atoms with Crippen LogP contribution in [0.15, 0.2) is 46.9 Å². The number of nitro groups is 1. The van der Waals surface area contributed by atoms with Crippen molar-refractivity contribution in [2.45, 2.75) is 6.42 Å². The molecule has 3 aromatic rings. The first kappa shape index (κ1) is 15.3. The number of benzene rings is 1. The lowest BCUT2D eigenvalue weighted by Crippen LogP contribution is -2.00. The summed E-state index contributed by atoms with van der Waals surface area (Å²) in [4.78, 5) is 11.7. The van der Waals surface area contributed by atoms with Gasteiger partial charge in [-0.05, 0) is 29.7 Å². The molecule has 0 saturated heterocycles. The van der Waals surface area contributed by atoms with E-state index in [9.17, 15) is 10.1 Å². The Kier molecular flexibility index (Phi) is 4.40. The Labute approximate surface area is 140 Å². The standard InChI is InChI=1S/C14H11N5O2S2/c20-19(21)12-6-2-1-4-10(12)9-15-18-13(16-17-14(18)22)8-11-5-3-7-23-11/h1-7,9H,8H2,(H,17,22)/b15-9-. The predicted molar refractivity (Wildman–Crippen MR) is 90.6 cm³/mol. The van der Waals surface area contributed by atoms with Crippen molar-refractivity contribution in [3.05, 3.63) is 72.9 Å². The number of nitrogens with one attached hydrogen (secondary N) is 1. The van der Waals surface area contributed by atoms with Gasteiger partial charge in [0.05, 0.1) is 16.7 Å². The molecule has 0 amide bonds. The lowest BCUT2D eigenvalue weighted by atomic mass is 10.2. The van der Waals surface area contributed by atoms with E-state index in [0.29, 0.717) is 22.6 Å². The minimum atomic E-state index is -0.442. The summed E-state index contributed by atoms with van der Waals surface area (Å²) in [6.45, 7) is 0. The van der Waals surface area contributed by atoms with E-state index in [1.165, 1.54) is 17.0 Å². The Morgan fingerprint density at radius 1 is 1.39 bits per heavy atom. The van der Waals surface area contributed by atoms with Crippen LogP contribution in [0, 0.1) is 14.9 Å². The van der Waals surface area contributed by atoms with Gasteiger partial charge >= 0.3 is 0 Å². The molecule has 0 atom stereocenters. The maximum atomic E-state index is 11.0. The maximum Gasteiger partial charge on any atom is 0.278 e. The molecule has 0 fully saturated rings. The summed E-state index contributed by atoms with van der Waals surface area (Å²) in [5.41, 5.74) is 0.397. The molecule has 0 aliphatic carbocycles. The quantitative estimate of drug-likeness (QED) is 0.332. The molecular formula is C14H11N5O2S2. The van der Waals surface area contributed by atoms with Gasteiger partial charge in [0, 0.05) is 17.4 Å². The molecule has 2 heterocycles. The van der Waals surface area contributed by atoms with Crippen molar-refractivity contribution in [1.82, 2.24) is 14.9 Å². The number of aromatic nitrogens is 3. The number of hydrogen-bond acceptors (Lipinski definition) is 6. The molecule has 3 rings (SSSR count). The fourth-order valence-corrected chi connectivity index (χ4v) is 2.91. The SMILES string of the molecule is O=[N+]([O-])c1ccccc1/C=N\n1c(Cc2cccs2)n[nH]c1=S. The Morgan fingerprint density at radius 3 is 2.96 bits per heavy atom. The van der Waals surface area contributed by atoms with Crippen molar-refractivity contribution in [3.63, 3.8) is 0 Å². The Morgan fingerprint density at radius 2 is 2.22 bits per heavy atom. The van der Waals surface area contributed by atoms with Crippen molar-refractivity contribution in [2.75, 3.05) is 0 Å². The highest BCUT2D eigenvalue weighted by Crippen LogP contribution is 2.16. The van der Waals surface area contributed by atoms with Gasteiger partial charge in [-0.1, -0.05) is 18.2 Å². The molecule has 0 unspecified atom stereocenters. The first-order chi connectivity index (χ1) is 11.1. The van der Waals surface area contributed by atoms with E-state index in [4.69, 9.17) is 12.2 Å². The summed E-state index contributed by atoms with van der Waals surface area (Å²) in [7, 11) is 0. The van der Waals surface area contributed by atoms with Gasteiger partial charge < -0.3 is 0 Å². The lowest BCUT2D eigenvalue weighted by molar-refractivity contribution is -0.385. The third kappa shape index (κ3) is 3.41. The highest BCUT2D eigenvalue weighted by molar-refractivity contribution is 7.71. The minimum absolute atomic E-state index is 0.00827. The smallest absolute Gasteiger partial charge is 0.258 e. The summed E-state index contributed by atoms with van der Waals surface area (Å²) in [5, 5.41) is 24.1. The van der Waals surface area contributed by atoms with Crippen molar-refractivity contribution in [2.24, 2.45) is 5.10 Å². The minimum Gasteiger partial charge on any atom is -0.258 e. The van der Waals surface area contributed by atoms with Gasteiger partial charge in [0.1, 0.15) is 0 Å². The molecule has 0 bridgehead atoms. The van der Waals surface area contributed by atoms with E-state index in [2.05, 4.69) is 15.3 Å². The zero-order valence-electron chi connectivity index (χ0n) is 11.7. The number of hydrogen-bond donors (Lipinski definition) is 1. The van der Waals surface area contributed by atoms with E-state index in [1.807, 2.05) is 17.5 Å². The monoisotopic (exact) mass is 345 g/mol. The fourth-order valence-electron chi connectivity index (χ4n) is 2.01. The molecule has 1 N–H and O–H groups in total. The highest BCUT2D eigenvalue weighted by Gasteiger charge is 2.11. The van der Waals surface area contributed by atoms with Crippen LogP contribution in [0.1, 0.15) is 16.3 Å². The van der Waals surface area contributed by atoms with Gasteiger partial charge in [0.15, 0.2) is 5.82 Å². The highest BCUT2D eigenvalue weighted by atomic mass is 32.1. The Hall–Kier alpha value is -2.65. The van der Waals surface area contributed by atoms with E-state index in [1.54, 1.807) is 29.5 Å². The molecule has 116 valence electrons. The second kappa shape index (κ2) is 6.63. The normalized spacial score (nSPS) is 11.1. The van der Waals surface area contributed by atoms with Gasteiger partial charge in [0.2, 0.25) is 4.77 Å². The summed E-state index contributed by atoms with van der Waals surface area (Å²) in [6, 6.07) is 10.4. The van der Waals surface area contributed by atoms with E-state index < -0.39 is 4.92 Å². The molecular weight excluding hydrogens is 334 g/mol. The average molecular weight is 345 g/mol. The van der Waals surface area contributed by atoms with Gasteiger partial charge in [-0.15, -0.1) is 11.3 Å². The molecule has 0 saturated carbocycles. The van der Waals surface area contributed by atoms with E-state index >= 15 is 0 Å². The predicted octanol–water partition coefficient (Wildman–Crippen LogP) is 3.38. The molecule has 0 radical (unpaired) electrons. The van der Waals surface area contributed by atoms with Crippen LogP contribution in [0.5, 0.6) is 0 Å². The average Bonchev–Trinajstić information content (AvgIpc) is 3.17. The number of para-hydroxylation sites is 1. The van der Waals surface area contributed by atoms with Crippen LogP contribution < -0.4 is 0 Å². The summed E-state index contributed by atoms with van der Waals surface area (Å²) in [5.74, 6) is 0.646. The Balaban J connectivity index is 1.93. The first-order valence-electron chi connectivity index (χ1n) is 6.61. The van der Waals surface area contributed by atoms with Crippen molar-refractivity contribution >= 4 is 35.5 Å². The van der Waals surface area contributed by atoms with Crippen molar-refractivity contribution in [3.8, 4) is 0 Å². The maximum absolute atomic E-state index is 11.0. The topological polar surface area (TPSA) is 89.1 Å². The number of H-pyrrole nitrogens is 1. The molecule has 23 heavy (non-hydrogen) atoms. The van der Waals surface area contributed by atoms with E-state index in [-0.39, 0.29) is 5.69 Å². The van der Waals surface area contributed by atoms with E-state index in [0.717, 1.165) is 4.88 Å². The third-order valence-electron chi connectivity index (χ3n) is 3.08. The van der Waals surface area contributed by atoms with Crippen LogP contribution in [-0.2, 0) is 6.42 Å². The molecule has 0 spiro atoms. The molecule has 0 aliphatic heterocycles. The lowest BCUT2D eigenvalue weighted by Gasteiger charge is -2.00. The summed E-state index contributed by atoms with van der Waals surface area (Å²) < 4.78 is 1.82. The molecule has 2 aromatic heterocycles. The zero-order chi connectivity index (χ0) is 16.2. The second-order valence-corrected chi connectivity index (χ2v) is 5.99. The van der Waals surface area contributed by atoms with Gasteiger partial charge in [-0.2, -0.15) is 14.9 Å². The third-order valence-corrected chi connectivity index (χ3v) is 4.22. The Bertz CT molecular complexity index is 911. The number of nitrogens with zero attached hydrogens (tertiary/aromatic N) is 4. The van der Waals surface area contributed by atoms with Gasteiger partial charge in [-0.3, -0.25) is 15.2 Å². The number of aromatic amines is 1. The first-order valence-corrected chi connectivity index (χ1v) is 7.90. The van der Waals surface area contributed by atoms with Crippen molar-refractivity contribution in [1.29, 1.82) is 0 Å². The van der Waals surface area contributed by atoms with Crippen molar-refractivity contribution < 1.29 is 4.92 Å². The van der Waals surface area contributed by atoms with Crippen LogP contribution in [-0.4, -0.2) is 26.0 Å². The number of thiophene rings is 1. The number of rotatable bonds is 5. The largest absolute Gasteiger partial charge is 0.278 e. The second-order valence-electron chi connectivity index (χ2n) is 4.57. The zero-order valence-corrected chi connectivity index (χ0v) is 13.4. The van der Waals surface area contributed by atoms with Gasteiger partial charge in [0.25, 0.3) is 5.69 Å². The van der Waals surface area contributed by atoms with Crippen LogP contribution in [0.4, 0.5) is 5.69 Å². The van der Waals surface area contributed by atoms with Crippen LogP contribution in [0.2, 0.25) is 0 Å². The summed E-state index contributed by atoms with van der Waals surface area (Å²) in [6.07, 6.45) is 2.00. The van der Waals surface area contributed by atoms with Crippen LogP contribution in [0.25, 0.3) is 0 Å². The molecule has 7 nitrogen and oxygen atoms in total. The molecule has 0 aliphatic rings. The van der Waals surface area contributed by atoms with Gasteiger partial charge in [-0.25, -0.2) is 0 Å². The number of nitro benzene ring substituents is 1. The van der Waals surface area contributed by atoms with Crippen LogP contribution in [0.3, 0.4) is 0 Å². The van der Waals surface area contributed by atoms with Crippen LogP contribution >= 0.6 is 23.6 Å². The molecule has 1 aromatic carbocycles. The molecule has 9 heteroatoms. The fraction of sp³-hybridized carbons (Fsp3) is 0.0714. The summed E-state index contributed by atoms with van der Waals surface area (Å²) >= 11 is 6.78.